The fourth-order valence-corrected chi connectivity index (χ4v) is 2.97. The number of pyridine rings is 1. The van der Waals surface area contributed by atoms with Gasteiger partial charge in [0, 0.05) is 18.1 Å². The minimum atomic E-state index is -0.458. The Morgan fingerprint density at radius 2 is 2.33 bits per heavy atom. The van der Waals surface area contributed by atoms with E-state index in [0.717, 1.165) is 10.6 Å². The van der Waals surface area contributed by atoms with Gasteiger partial charge in [0.1, 0.15) is 0 Å². The van der Waals surface area contributed by atoms with Crippen LogP contribution in [0.25, 0.3) is 0 Å². The van der Waals surface area contributed by atoms with Crippen LogP contribution in [0.2, 0.25) is 0 Å². The number of thioether (sulfide) groups is 1. The molecule has 0 saturated heterocycles. The Kier molecular flexibility index (Phi) is 4.66. The van der Waals surface area contributed by atoms with Crippen molar-refractivity contribution in [3.8, 4) is 6.07 Å². The van der Waals surface area contributed by atoms with Gasteiger partial charge in [-0.2, -0.15) is 5.26 Å². The van der Waals surface area contributed by atoms with Gasteiger partial charge in [-0.25, -0.2) is 4.79 Å². The molecule has 1 aromatic heterocycles. The molecule has 0 aliphatic carbocycles. The summed E-state index contributed by atoms with van der Waals surface area (Å²) in [6.45, 7) is 1.81. The Labute approximate surface area is 127 Å². The first-order chi connectivity index (χ1) is 10.1. The van der Waals surface area contributed by atoms with Crippen molar-refractivity contribution in [1.29, 1.82) is 5.26 Å². The SMILES string of the molecule is COC(=O)C1=C(C)NC(SC)=C(C#N)[C@H]1c1cccnc1. The van der Waals surface area contributed by atoms with Crippen LogP contribution in [-0.4, -0.2) is 24.3 Å². The third-order valence-corrected chi connectivity index (χ3v) is 4.00. The number of esters is 1. The molecule has 1 aromatic rings. The summed E-state index contributed by atoms with van der Waals surface area (Å²) in [6, 6.07) is 5.85. The van der Waals surface area contributed by atoms with Crippen LogP contribution in [0.4, 0.5) is 0 Å². The van der Waals surface area contributed by atoms with E-state index in [1.807, 2.05) is 12.3 Å². The molecule has 5 nitrogen and oxygen atoms in total. The first kappa shape index (κ1) is 15.1. The van der Waals surface area contributed by atoms with Crippen LogP contribution in [0.5, 0.6) is 0 Å². The van der Waals surface area contributed by atoms with Crippen molar-refractivity contribution in [2.45, 2.75) is 12.8 Å². The van der Waals surface area contributed by atoms with Crippen LogP contribution >= 0.6 is 11.8 Å². The van der Waals surface area contributed by atoms with Crippen LogP contribution in [-0.2, 0) is 9.53 Å². The van der Waals surface area contributed by atoms with Crippen molar-refractivity contribution < 1.29 is 9.53 Å². The molecule has 0 amide bonds. The van der Waals surface area contributed by atoms with E-state index in [1.165, 1.54) is 18.9 Å². The second-order valence-corrected chi connectivity index (χ2v) is 5.25. The summed E-state index contributed by atoms with van der Waals surface area (Å²) in [7, 11) is 1.34. The molecule has 0 saturated carbocycles. The Morgan fingerprint density at radius 1 is 1.57 bits per heavy atom. The molecule has 108 valence electrons. The average molecular weight is 301 g/mol. The van der Waals surface area contributed by atoms with Crippen LogP contribution < -0.4 is 5.32 Å². The highest BCUT2D eigenvalue weighted by Crippen LogP contribution is 2.39. The van der Waals surface area contributed by atoms with Gasteiger partial charge in [0.15, 0.2) is 0 Å². The highest BCUT2D eigenvalue weighted by Gasteiger charge is 2.34. The molecule has 1 atom stereocenters. The lowest BCUT2D eigenvalue weighted by Crippen LogP contribution is -2.28. The van der Waals surface area contributed by atoms with Crippen LogP contribution in [0.15, 0.2) is 46.4 Å². The van der Waals surface area contributed by atoms with Crippen LogP contribution in [0.1, 0.15) is 18.4 Å². The number of nitrogens with one attached hydrogen (secondary N) is 1. The lowest BCUT2D eigenvalue weighted by molar-refractivity contribution is -0.136. The zero-order chi connectivity index (χ0) is 15.4. The summed E-state index contributed by atoms with van der Waals surface area (Å²) < 4.78 is 4.88. The largest absolute Gasteiger partial charge is 0.466 e. The summed E-state index contributed by atoms with van der Waals surface area (Å²) in [5.41, 5.74) is 2.43. The van der Waals surface area contributed by atoms with Gasteiger partial charge in [-0.3, -0.25) is 4.98 Å². The number of dihydropyridines is 1. The summed E-state index contributed by atoms with van der Waals surface area (Å²) in [5, 5.41) is 13.4. The number of hydrogen-bond acceptors (Lipinski definition) is 6. The molecule has 1 aliphatic rings. The van der Waals surface area contributed by atoms with Gasteiger partial charge in [-0.05, 0) is 24.8 Å². The normalized spacial score (nSPS) is 18.1. The van der Waals surface area contributed by atoms with Gasteiger partial charge < -0.3 is 10.1 Å². The number of ether oxygens (including phenoxy) is 1. The van der Waals surface area contributed by atoms with Crippen molar-refractivity contribution in [1.82, 2.24) is 10.3 Å². The number of rotatable bonds is 3. The number of nitrogens with zero attached hydrogens (tertiary/aromatic N) is 2. The third kappa shape index (κ3) is 2.78. The zero-order valence-electron chi connectivity index (χ0n) is 12.0. The summed E-state index contributed by atoms with van der Waals surface area (Å²) >= 11 is 1.44. The van der Waals surface area contributed by atoms with E-state index >= 15 is 0 Å². The van der Waals surface area contributed by atoms with Gasteiger partial charge in [-0.1, -0.05) is 6.07 Å². The molecule has 0 fully saturated rings. The first-order valence-corrected chi connectivity index (χ1v) is 7.50. The maximum Gasteiger partial charge on any atom is 0.336 e. The zero-order valence-corrected chi connectivity index (χ0v) is 12.8. The molecule has 0 unspecified atom stereocenters. The lowest BCUT2D eigenvalue weighted by Gasteiger charge is -2.28. The maximum atomic E-state index is 12.1. The number of allylic oxidation sites excluding steroid dienone is 2. The molecule has 6 heteroatoms. The molecule has 2 heterocycles. The van der Waals surface area contributed by atoms with Crippen molar-refractivity contribution in [3.05, 3.63) is 52.0 Å². The minimum Gasteiger partial charge on any atom is -0.466 e. The molecular formula is C15H15N3O2S. The number of hydrogen-bond donors (Lipinski definition) is 1. The molecular weight excluding hydrogens is 286 g/mol. The number of carbonyl (C=O) groups excluding carboxylic acids is 1. The smallest absolute Gasteiger partial charge is 0.336 e. The second kappa shape index (κ2) is 6.46. The monoisotopic (exact) mass is 301 g/mol. The third-order valence-electron chi connectivity index (χ3n) is 3.27. The Balaban J connectivity index is 2.65. The Morgan fingerprint density at radius 3 is 2.86 bits per heavy atom. The fraction of sp³-hybridized carbons (Fsp3) is 0.267. The maximum absolute atomic E-state index is 12.1. The number of methoxy groups -OCH3 is 1. The summed E-state index contributed by atoms with van der Waals surface area (Å²) in [4.78, 5) is 16.2. The van der Waals surface area contributed by atoms with E-state index in [9.17, 15) is 10.1 Å². The fourth-order valence-electron chi connectivity index (χ4n) is 2.33. The summed E-state index contributed by atoms with van der Waals surface area (Å²) in [5.74, 6) is -0.901. The van der Waals surface area contributed by atoms with Crippen molar-refractivity contribution in [2.24, 2.45) is 0 Å². The molecule has 2 rings (SSSR count). The standard InChI is InChI=1S/C15H15N3O2S/c1-9-12(15(19)20-2)13(10-5-4-6-17-8-10)11(7-16)14(18-9)21-3/h4-6,8,13,18H,1-3H3/t13-/m1/s1. The van der Waals surface area contributed by atoms with E-state index in [-0.39, 0.29) is 0 Å². The molecule has 1 aliphatic heterocycles. The van der Waals surface area contributed by atoms with Crippen molar-refractivity contribution >= 4 is 17.7 Å². The molecule has 0 bridgehead atoms. The van der Waals surface area contributed by atoms with Crippen molar-refractivity contribution in [2.75, 3.05) is 13.4 Å². The summed E-state index contributed by atoms with van der Waals surface area (Å²) in [6.07, 6.45) is 5.21. The quantitative estimate of drug-likeness (QED) is 0.864. The predicted octanol–water partition coefficient (Wildman–Crippen LogP) is 2.31. The Bertz CT molecular complexity index is 659. The molecule has 0 spiro atoms. The van der Waals surface area contributed by atoms with Crippen molar-refractivity contribution in [3.63, 3.8) is 0 Å². The molecule has 0 aromatic carbocycles. The predicted molar refractivity (Wildman–Crippen MR) is 81.0 cm³/mol. The van der Waals surface area contributed by atoms with E-state index in [1.54, 1.807) is 25.4 Å². The van der Waals surface area contributed by atoms with E-state index < -0.39 is 11.9 Å². The van der Waals surface area contributed by atoms with Gasteiger partial charge in [0.25, 0.3) is 0 Å². The Hall–Kier alpha value is -2.26. The highest BCUT2D eigenvalue weighted by atomic mass is 32.2. The minimum absolute atomic E-state index is 0.443. The molecule has 21 heavy (non-hydrogen) atoms. The molecule has 0 radical (unpaired) electrons. The van der Waals surface area contributed by atoms with E-state index in [0.29, 0.717) is 16.8 Å². The first-order valence-electron chi connectivity index (χ1n) is 6.28. The van der Waals surface area contributed by atoms with Gasteiger partial charge in [0.2, 0.25) is 0 Å². The topological polar surface area (TPSA) is 75.0 Å². The van der Waals surface area contributed by atoms with Crippen LogP contribution in [0, 0.1) is 11.3 Å². The van der Waals surface area contributed by atoms with Crippen LogP contribution in [0.3, 0.4) is 0 Å². The number of nitriles is 1. The lowest BCUT2D eigenvalue weighted by atomic mass is 9.83. The number of carbonyl (C=O) groups is 1. The highest BCUT2D eigenvalue weighted by molar-refractivity contribution is 8.02. The molecule has 1 N–H and O–H groups in total. The average Bonchev–Trinajstić information content (AvgIpc) is 2.53. The second-order valence-electron chi connectivity index (χ2n) is 4.43. The van der Waals surface area contributed by atoms with Gasteiger partial charge >= 0.3 is 5.97 Å². The van der Waals surface area contributed by atoms with E-state index in [4.69, 9.17) is 4.74 Å². The van der Waals surface area contributed by atoms with E-state index in [2.05, 4.69) is 16.4 Å². The van der Waals surface area contributed by atoms with Gasteiger partial charge in [0.05, 0.1) is 35.3 Å². The van der Waals surface area contributed by atoms with Gasteiger partial charge in [-0.15, -0.1) is 11.8 Å². The number of aromatic nitrogens is 1.